The maximum atomic E-state index is 9.60. The zero-order valence-electron chi connectivity index (χ0n) is 21.9. The number of carbonyl (C=O) groups is 2. The maximum absolute atomic E-state index is 9.60. The summed E-state index contributed by atoms with van der Waals surface area (Å²) in [5.74, 6) is -0.0906. The van der Waals surface area contributed by atoms with Crippen molar-refractivity contribution in [1.82, 2.24) is 0 Å². The molecule has 2 N–H and O–H groups in total. The highest BCUT2D eigenvalue weighted by atomic mass is 16.6. The van der Waals surface area contributed by atoms with E-state index in [0.29, 0.717) is 13.2 Å². The van der Waals surface area contributed by atoms with E-state index >= 15 is 0 Å². The van der Waals surface area contributed by atoms with Crippen molar-refractivity contribution < 1.29 is 38.7 Å². The van der Waals surface area contributed by atoms with Crippen LogP contribution in [0.5, 0.6) is 11.5 Å². The van der Waals surface area contributed by atoms with Gasteiger partial charge in [0.15, 0.2) is 0 Å². The van der Waals surface area contributed by atoms with Crippen LogP contribution in [0, 0.1) is 0 Å². The fourth-order valence-electron chi connectivity index (χ4n) is 2.81. The van der Waals surface area contributed by atoms with E-state index in [-0.39, 0.29) is 28.8 Å². The van der Waals surface area contributed by atoms with Crippen LogP contribution in [-0.2, 0) is 24.5 Å². The van der Waals surface area contributed by atoms with Gasteiger partial charge in [0.05, 0.1) is 13.2 Å². The molecule has 200 valence electrons. The van der Waals surface area contributed by atoms with Crippen molar-refractivity contribution >= 4 is 11.9 Å². The summed E-state index contributed by atoms with van der Waals surface area (Å²) in [7, 11) is 0. The topological polar surface area (TPSA) is 118 Å². The minimum Gasteiger partial charge on any atom is -0.491 e. The molecule has 4 rings (SSSR count). The lowest BCUT2D eigenvalue weighted by molar-refractivity contribution is -0.133. The first-order valence-electron chi connectivity index (χ1n) is 11.9. The second kappa shape index (κ2) is 13.6. The number of hydrogen-bond donors (Lipinski definition) is 2. The molecular weight excluding hydrogens is 476 g/mol. The number of carboxylic acids is 2. The molecule has 0 aromatic heterocycles. The predicted molar refractivity (Wildman–Crippen MR) is 140 cm³/mol. The van der Waals surface area contributed by atoms with Crippen molar-refractivity contribution in [2.24, 2.45) is 0 Å². The third-order valence-electron chi connectivity index (χ3n) is 5.56. The molecule has 2 aliphatic rings. The molecule has 0 bridgehead atoms. The van der Waals surface area contributed by atoms with Gasteiger partial charge in [0.2, 0.25) is 0 Å². The molecule has 2 aliphatic heterocycles. The average Bonchev–Trinajstić information content (AvgIpc) is 3.78. The minimum atomic E-state index is -0.935. The Morgan fingerprint density at radius 1 is 0.784 bits per heavy atom. The van der Waals surface area contributed by atoms with Gasteiger partial charge in [-0.3, -0.25) is 0 Å². The monoisotopic (exact) mass is 512 g/mol. The lowest BCUT2D eigenvalue weighted by atomic mass is 9.78. The molecule has 2 saturated heterocycles. The Bertz CT molecular complexity index is 953. The molecule has 2 unspecified atom stereocenters. The first kappa shape index (κ1) is 29.6. The lowest BCUT2D eigenvalue weighted by Crippen LogP contribution is -2.18. The van der Waals surface area contributed by atoms with Crippen LogP contribution >= 0.6 is 0 Å². The molecular formula is C29H36O8. The molecule has 8 heteroatoms. The minimum absolute atomic E-state index is 0.0870. The van der Waals surface area contributed by atoms with Gasteiger partial charge in [-0.15, -0.1) is 0 Å². The van der Waals surface area contributed by atoms with Gasteiger partial charge in [0.1, 0.15) is 36.9 Å². The van der Waals surface area contributed by atoms with Gasteiger partial charge in [-0.1, -0.05) is 51.3 Å². The van der Waals surface area contributed by atoms with Gasteiger partial charge in [-0.2, -0.15) is 0 Å². The Morgan fingerprint density at radius 2 is 1.05 bits per heavy atom. The van der Waals surface area contributed by atoms with E-state index < -0.39 is 11.9 Å². The van der Waals surface area contributed by atoms with Crippen molar-refractivity contribution in [3.63, 3.8) is 0 Å². The van der Waals surface area contributed by atoms with E-state index in [4.69, 9.17) is 29.2 Å². The quantitative estimate of drug-likeness (QED) is 0.342. The molecule has 37 heavy (non-hydrogen) atoms. The summed E-state index contributed by atoms with van der Waals surface area (Å²) in [6.45, 7) is 16.6. The van der Waals surface area contributed by atoms with Crippen molar-refractivity contribution in [3.8, 4) is 11.5 Å². The van der Waals surface area contributed by atoms with Crippen LogP contribution in [0.25, 0.3) is 0 Å². The molecule has 0 amide bonds. The van der Waals surface area contributed by atoms with E-state index in [0.717, 1.165) is 24.7 Å². The van der Waals surface area contributed by atoms with E-state index in [9.17, 15) is 9.59 Å². The van der Waals surface area contributed by atoms with Gasteiger partial charge >= 0.3 is 11.9 Å². The first-order chi connectivity index (χ1) is 17.4. The highest BCUT2D eigenvalue weighted by molar-refractivity contribution is 5.85. The molecule has 0 aliphatic carbocycles. The van der Waals surface area contributed by atoms with Crippen LogP contribution in [0.2, 0.25) is 0 Å². The summed E-state index contributed by atoms with van der Waals surface area (Å²) >= 11 is 0. The Hall–Kier alpha value is -3.62. The number of benzene rings is 2. The number of epoxide rings is 2. The Balaban J connectivity index is 0.000000336. The molecule has 0 saturated carbocycles. The fraction of sp³-hybridized carbons (Fsp3) is 0.379. The molecule has 0 radical (unpaired) electrons. The smallest absolute Gasteiger partial charge is 0.330 e. The first-order valence-corrected chi connectivity index (χ1v) is 11.9. The molecule has 2 heterocycles. The van der Waals surface area contributed by atoms with Gasteiger partial charge < -0.3 is 29.2 Å². The summed E-state index contributed by atoms with van der Waals surface area (Å²) in [5.41, 5.74) is 2.77. The zero-order chi connectivity index (χ0) is 27.6. The molecule has 8 nitrogen and oxygen atoms in total. The van der Waals surface area contributed by atoms with Gasteiger partial charge in [0, 0.05) is 16.6 Å². The second-order valence-corrected chi connectivity index (χ2v) is 9.38. The summed E-state index contributed by atoms with van der Waals surface area (Å²) in [6.07, 6.45) is 0.562. The number of aliphatic carboxylic acids is 2. The van der Waals surface area contributed by atoms with Gasteiger partial charge in [-0.05, 0) is 49.2 Å². The highest BCUT2D eigenvalue weighted by Crippen LogP contribution is 2.33. The standard InChI is InChI=1S/C21H24O4.2C4H6O2/c1-21(2,15-3-7-17(8-4-15)22-11-19-13-24-19)16-5-9-18(10-6-16)23-12-20-14-25-20;2*1-3(2)4(5)6/h3-10,19-20H,11-14H2,1-2H3;2*1H2,2H3,(H,5,6). The third-order valence-corrected chi connectivity index (χ3v) is 5.56. The Morgan fingerprint density at radius 3 is 1.27 bits per heavy atom. The molecule has 2 aromatic carbocycles. The van der Waals surface area contributed by atoms with Crippen molar-refractivity contribution in [3.05, 3.63) is 84.0 Å². The van der Waals surface area contributed by atoms with Crippen molar-refractivity contribution in [2.75, 3.05) is 26.4 Å². The van der Waals surface area contributed by atoms with E-state index in [1.165, 1.54) is 25.0 Å². The van der Waals surface area contributed by atoms with Crippen LogP contribution in [0.1, 0.15) is 38.8 Å². The number of ether oxygens (including phenoxy) is 4. The molecule has 2 atom stereocenters. The van der Waals surface area contributed by atoms with Crippen molar-refractivity contribution in [1.29, 1.82) is 0 Å². The van der Waals surface area contributed by atoms with E-state index in [1.807, 2.05) is 24.3 Å². The predicted octanol–water partition coefficient (Wildman–Crippen LogP) is 4.86. The van der Waals surface area contributed by atoms with Crippen molar-refractivity contribution in [2.45, 2.75) is 45.3 Å². The number of carboxylic acid groups (broad SMARTS) is 2. The van der Waals surface area contributed by atoms with Crippen LogP contribution in [0.15, 0.2) is 72.8 Å². The molecule has 2 fully saturated rings. The van der Waals surface area contributed by atoms with E-state index in [2.05, 4.69) is 51.3 Å². The summed E-state index contributed by atoms with van der Waals surface area (Å²) in [6, 6.07) is 16.7. The Kier molecular flexibility index (Phi) is 10.9. The maximum Gasteiger partial charge on any atom is 0.330 e. The highest BCUT2D eigenvalue weighted by Gasteiger charge is 2.25. The summed E-state index contributed by atoms with van der Waals surface area (Å²) in [4.78, 5) is 19.2. The van der Waals surface area contributed by atoms with Crippen LogP contribution in [-0.4, -0.2) is 60.8 Å². The number of rotatable bonds is 10. The number of hydrogen-bond acceptors (Lipinski definition) is 6. The molecule has 0 spiro atoms. The lowest BCUT2D eigenvalue weighted by Gasteiger charge is -2.26. The SMILES string of the molecule is C=C(C)C(=O)O.C=C(C)C(=O)O.CC(C)(c1ccc(OCC2CO2)cc1)c1ccc(OCC2CO2)cc1. The zero-order valence-corrected chi connectivity index (χ0v) is 21.9. The Labute approximate surface area is 218 Å². The fourth-order valence-corrected chi connectivity index (χ4v) is 2.81. The summed E-state index contributed by atoms with van der Waals surface area (Å²) in [5, 5.41) is 15.8. The molecule has 2 aromatic rings. The van der Waals surface area contributed by atoms with Crippen LogP contribution in [0.4, 0.5) is 0 Å². The third kappa shape index (κ3) is 10.9. The van der Waals surface area contributed by atoms with Crippen LogP contribution in [0.3, 0.4) is 0 Å². The summed E-state index contributed by atoms with van der Waals surface area (Å²) < 4.78 is 21.8. The second-order valence-electron chi connectivity index (χ2n) is 9.38. The average molecular weight is 513 g/mol. The largest absolute Gasteiger partial charge is 0.491 e. The normalized spacial score (nSPS) is 17.1. The van der Waals surface area contributed by atoms with E-state index in [1.54, 1.807) is 0 Å². The van der Waals surface area contributed by atoms with Crippen LogP contribution < -0.4 is 9.47 Å². The van der Waals surface area contributed by atoms with Gasteiger partial charge in [0.25, 0.3) is 0 Å². The van der Waals surface area contributed by atoms with Gasteiger partial charge in [-0.25, -0.2) is 9.59 Å².